The highest BCUT2D eigenvalue weighted by atomic mass is 32.2. The maximum absolute atomic E-state index is 12.8. The van der Waals surface area contributed by atoms with Crippen molar-refractivity contribution in [1.82, 2.24) is 4.31 Å². The molecule has 1 aromatic carbocycles. The van der Waals surface area contributed by atoms with Crippen molar-refractivity contribution in [3.05, 3.63) is 23.8 Å². The summed E-state index contributed by atoms with van der Waals surface area (Å²) >= 11 is 0. The molecular weight excluding hydrogens is 274 g/mol. The molecule has 20 heavy (non-hydrogen) atoms. The van der Waals surface area contributed by atoms with Gasteiger partial charge >= 0.3 is 10.2 Å². The maximum Gasteiger partial charge on any atom is 0.304 e. The van der Waals surface area contributed by atoms with Gasteiger partial charge in [-0.3, -0.25) is 4.31 Å². The first-order chi connectivity index (χ1) is 9.59. The second-order valence-electron chi connectivity index (χ2n) is 5.53. The van der Waals surface area contributed by atoms with E-state index in [0.717, 1.165) is 43.4 Å². The van der Waals surface area contributed by atoms with Crippen LogP contribution in [0.2, 0.25) is 0 Å². The molecule has 6 heteroatoms. The van der Waals surface area contributed by atoms with Crippen LogP contribution in [-0.4, -0.2) is 32.4 Å². The van der Waals surface area contributed by atoms with Gasteiger partial charge in [0.15, 0.2) is 0 Å². The van der Waals surface area contributed by atoms with Gasteiger partial charge in [-0.25, -0.2) is 0 Å². The number of benzene rings is 1. The number of hydrogen-bond acceptors (Lipinski definition) is 3. The summed E-state index contributed by atoms with van der Waals surface area (Å²) in [5.41, 5.74) is 8.34. The van der Waals surface area contributed by atoms with Crippen LogP contribution in [0.5, 0.6) is 0 Å². The highest BCUT2D eigenvalue weighted by Gasteiger charge is 2.33. The van der Waals surface area contributed by atoms with Gasteiger partial charge in [-0.15, -0.1) is 0 Å². The van der Waals surface area contributed by atoms with E-state index in [1.807, 2.05) is 12.1 Å². The molecule has 0 unspecified atom stereocenters. The van der Waals surface area contributed by atoms with Crippen LogP contribution in [0.4, 0.5) is 11.4 Å². The summed E-state index contributed by atoms with van der Waals surface area (Å²) < 4.78 is 28.8. The second kappa shape index (κ2) is 5.26. The molecule has 0 amide bonds. The van der Waals surface area contributed by atoms with E-state index in [1.165, 1.54) is 0 Å². The Morgan fingerprint density at radius 3 is 2.50 bits per heavy atom. The lowest BCUT2D eigenvalue weighted by Gasteiger charge is -2.36. The standard InChI is InChI=1S/C14H21N3O2S/c15-13-6-7-14-12(11-13)5-4-10-17(14)20(18,19)16-8-2-1-3-9-16/h6-7,11H,1-5,8-10,15H2. The molecule has 0 bridgehead atoms. The number of rotatable bonds is 2. The Morgan fingerprint density at radius 1 is 1.00 bits per heavy atom. The van der Waals surface area contributed by atoms with Crippen molar-refractivity contribution in [1.29, 1.82) is 0 Å². The van der Waals surface area contributed by atoms with Crippen molar-refractivity contribution in [3.8, 4) is 0 Å². The lowest BCUT2D eigenvalue weighted by Crippen LogP contribution is -2.47. The van der Waals surface area contributed by atoms with Gasteiger partial charge in [0, 0.05) is 25.3 Å². The highest BCUT2D eigenvalue weighted by molar-refractivity contribution is 7.90. The van der Waals surface area contributed by atoms with Gasteiger partial charge in [-0.1, -0.05) is 6.42 Å². The van der Waals surface area contributed by atoms with E-state index < -0.39 is 10.2 Å². The zero-order chi connectivity index (χ0) is 14.2. The Labute approximate surface area is 120 Å². The first-order valence-electron chi connectivity index (χ1n) is 7.25. The third-order valence-corrected chi connectivity index (χ3v) is 6.05. The summed E-state index contributed by atoms with van der Waals surface area (Å²) in [5.74, 6) is 0. The summed E-state index contributed by atoms with van der Waals surface area (Å²) in [6.45, 7) is 1.85. The van der Waals surface area contributed by atoms with Crippen molar-refractivity contribution >= 4 is 21.6 Å². The molecule has 110 valence electrons. The minimum Gasteiger partial charge on any atom is -0.399 e. The van der Waals surface area contributed by atoms with Gasteiger partial charge < -0.3 is 5.73 Å². The van der Waals surface area contributed by atoms with Crippen LogP contribution in [0.15, 0.2) is 18.2 Å². The fourth-order valence-corrected chi connectivity index (χ4v) is 4.84. The van der Waals surface area contributed by atoms with E-state index in [2.05, 4.69) is 0 Å². The zero-order valence-electron chi connectivity index (χ0n) is 11.6. The minimum absolute atomic E-state index is 0.565. The number of nitrogen functional groups attached to an aromatic ring is 1. The molecule has 0 radical (unpaired) electrons. The first kappa shape index (κ1) is 13.7. The smallest absolute Gasteiger partial charge is 0.304 e. The number of nitrogens with two attached hydrogens (primary N) is 1. The number of hydrogen-bond donors (Lipinski definition) is 1. The predicted molar refractivity (Wildman–Crippen MR) is 80.9 cm³/mol. The van der Waals surface area contributed by atoms with Crippen LogP contribution in [0.25, 0.3) is 0 Å². The normalized spacial score (nSPS) is 20.7. The average molecular weight is 295 g/mol. The van der Waals surface area contributed by atoms with Gasteiger partial charge in [0.1, 0.15) is 0 Å². The third-order valence-electron chi connectivity index (χ3n) is 4.10. The van der Waals surface area contributed by atoms with E-state index in [-0.39, 0.29) is 0 Å². The van der Waals surface area contributed by atoms with Crippen molar-refractivity contribution in [2.45, 2.75) is 32.1 Å². The number of anilines is 2. The van der Waals surface area contributed by atoms with E-state index >= 15 is 0 Å². The molecule has 0 aromatic heterocycles. The monoisotopic (exact) mass is 295 g/mol. The Balaban J connectivity index is 1.95. The van der Waals surface area contributed by atoms with Crippen LogP contribution < -0.4 is 10.0 Å². The minimum atomic E-state index is -3.39. The first-order valence-corrected chi connectivity index (χ1v) is 8.65. The number of fused-ring (bicyclic) bond motifs is 1. The second-order valence-corrected chi connectivity index (χ2v) is 7.38. The quantitative estimate of drug-likeness (QED) is 0.845. The molecule has 2 heterocycles. The van der Waals surface area contributed by atoms with Crippen LogP contribution in [0.3, 0.4) is 0 Å². The number of piperidine rings is 1. The van der Waals surface area contributed by atoms with Crippen LogP contribution >= 0.6 is 0 Å². The predicted octanol–water partition coefficient (Wildman–Crippen LogP) is 1.75. The molecule has 2 aliphatic rings. The zero-order valence-corrected chi connectivity index (χ0v) is 12.4. The Hall–Kier alpha value is -1.27. The number of nitrogens with zero attached hydrogens (tertiary/aromatic N) is 2. The summed E-state index contributed by atoms with van der Waals surface area (Å²) in [5, 5.41) is 0. The largest absolute Gasteiger partial charge is 0.399 e. The molecule has 2 N–H and O–H groups in total. The molecule has 1 saturated heterocycles. The lowest BCUT2D eigenvalue weighted by molar-refractivity contribution is 0.345. The molecule has 1 aromatic rings. The molecule has 5 nitrogen and oxygen atoms in total. The molecule has 3 rings (SSSR count). The van der Waals surface area contributed by atoms with Gasteiger partial charge in [-0.05, 0) is 49.4 Å². The summed E-state index contributed by atoms with van der Waals surface area (Å²) in [6.07, 6.45) is 4.79. The Bertz CT molecular complexity index is 594. The Kier molecular flexibility index (Phi) is 3.60. The van der Waals surface area contributed by atoms with Crippen molar-refractivity contribution < 1.29 is 8.42 Å². The summed E-state index contributed by atoms with van der Waals surface area (Å²) in [7, 11) is -3.39. The third kappa shape index (κ3) is 2.38. The average Bonchev–Trinajstić information content (AvgIpc) is 2.47. The van der Waals surface area contributed by atoms with Crippen molar-refractivity contribution in [3.63, 3.8) is 0 Å². The summed E-state index contributed by atoms with van der Waals surface area (Å²) in [4.78, 5) is 0. The fourth-order valence-electron chi connectivity index (χ4n) is 3.06. The molecule has 0 spiro atoms. The van der Waals surface area contributed by atoms with E-state index in [9.17, 15) is 8.42 Å². The lowest BCUT2D eigenvalue weighted by atomic mass is 10.0. The van der Waals surface area contributed by atoms with Gasteiger partial charge in [-0.2, -0.15) is 12.7 Å². The number of aryl methyl sites for hydroxylation is 1. The van der Waals surface area contributed by atoms with E-state index in [4.69, 9.17) is 5.73 Å². The maximum atomic E-state index is 12.8. The molecule has 0 aliphatic carbocycles. The molecule has 1 fully saturated rings. The van der Waals surface area contributed by atoms with Gasteiger partial charge in [0.25, 0.3) is 0 Å². The van der Waals surface area contributed by atoms with Crippen molar-refractivity contribution in [2.75, 3.05) is 29.7 Å². The Morgan fingerprint density at radius 2 is 1.75 bits per heavy atom. The highest BCUT2D eigenvalue weighted by Crippen LogP contribution is 2.32. The van der Waals surface area contributed by atoms with Crippen LogP contribution in [0.1, 0.15) is 31.2 Å². The van der Waals surface area contributed by atoms with E-state index in [0.29, 0.717) is 25.3 Å². The van der Waals surface area contributed by atoms with Crippen molar-refractivity contribution in [2.24, 2.45) is 0 Å². The molecule has 0 saturated carbocycles. The fraction of sp³-hybridized carbons (Fsp3) is 0.571. The molecule has 2 aliphatic heterocycles. The molecular formula is C14H21N3O2S. The van der Waals surface area contributed by atoms with E-state index in [1.54, 1.807) is 14.7 Å². The van der Waals surface area contributed by atoms with Crippen LogP contribution in [0, 0.1) is 0 Å². The topological polar surface area (TPSA) is 66.6 Å². The van der Waals surface area contributed by atoms with Crippen LogP contribution in [-0.2, 0) is 16.6 Å². The SMILES string of the molecule is Nc1ccc2c(c1)CCCN2S(=O)(=O)N1CCCCC1. The summed E-state index contributed by atoms with van der Waals surface area (Å²) in [6, 6.07) is 5.52. The van der Waals surface area contributed by atoms with Gasteiger partial charge in [0.05, 0.1) is 5.69 Å². The van der Waals surface area contributed by atoms with Gasteiger partial charge in [0.2, 0.25) is 0 Å². The molecule has 0 atom stereocenters.